The molecule has 0 bridgehead atoms. The number of aromatic hydroxyl groups is 1. The summed E-state index contributed by atoms with van der Waals surface area (Å²) in [6.45, 7) is 6.44. The zero-order valence-electron chi connectivity index (χ0n) is 22.1. The Hall–Kier alpha value is -3.98. The topological polar surface area (TPSA) is 96.9 Å². The molecule has 0 amide bonds. The first-order chi connectivity index (χ1) is 17.5. The van der Waals surface area contributed by atoms with Crippen molar-refractivity contribution in [1.82, 2.24) is 13.7 Å². The predicted molar refractivity (Wildman–Crippen MR) is 141 cm³/mol. The number of benzene rings is 2. The van der Waals surface area contributed by atoms with Gasteiger partial charge in [0.1, 0.15) is 6.10 Å². The Morgan fingerprint density at radius 2 is 1.68 bits per heavy atom. The van der Waals surface area contributed by atoms with Crippen molar-refractivity contribution in [3.05, 3.63) is 74.1 Å². The van der Waals surface area contributed by atoms with Crippen LogP contribution >= 0.6 is 0 Å². The molecule has 1 atom stereocenters. The summed E-state index contributed by atoms with van der Waals surface area (Å²) in [5.41, 5.74) is 3.17. The number of hydrogen-bond donors (Lipinski definition) is 1. The van der Waals surface area contributed by atoms with Crippen molar-refractivity contribution >= 4 is 10.9 Å². The number of methoxy groups -OCH3 is 2. The Morgan fingerprint density at radius 3 is 2.27 bits per heavy atom. The van der Waals surface area contributed by atoms with Crippen LogP contribution in [-0.2, 0) is 24.4 Å². The van der Waals surface area contributed by atoms with E-state index in [-0.39, 0.29) is 22.8 Å². The third kappa shape index (κ3) is 3.56. The monoisotopic (exact) mass is 505 g/mol. The molecule has 0 unspecified atom stereocenters. The fraction of sp³-hybridized carbons (Fsp3) is 0.357. The van der Waals surface area contributed by atoms with Crippen molar-refractivity contribution in [3.8, 4) is 28.5 Å². The lowest BCUT2D eigenvalue weighted by Crippen LogP contribution is -2.40. The molecule has 1 aliphatic heterocycles. The third-order valence-corrected chi connectivity index (χ3v) is 7.16. The third-order valence-electron chi connectivity index (χ3n) is 7.16. The van der Waals surface area contributed by atoms with Crippen LogP contribution in [0.15, 0.2) is 46.0 Å². The molecule has 0 radical (unpaired) electrons. The molecule has 2 aromatic heterocycles. The molecule has 0 fully saturated rings. The van der Waals surface area contributed by atoms with Crippen molar-refractivity contribution in [1.29, 1.82) is 0 Å². The molecule has 1 N–H and O–H groups in total. The lowest BCUT2D eigenvalue weighted by atomic mass is 9.97. The minimum Gasteiger partial charge on any atom is -0.502 e. The van der Waals surface area contributed by atoms with E-state index in [1.807, 2.05) is 45.0 Å². The summed E-state index contributed by atoms with van der Waals surface area (Å²) in [5, 5.41) is 11.0. The van der Waals surface area contributed by atoms with Gasteiger partial charge in [-0.2, -0.15) is 0 Å². The molecule has 3 heterocycles. The molecule has 1 aliphatic rings. The summed E-state index contributed by atoms with van der Waals surface area (Å²) in [4.78, 5) is 26.9. The Morgan fingerprint density at radius 1 is 1.03 bits per heavy atom. The Kier molecular flexibility index (Phi) is 5.71. The van der Waals surface area contributed by atoms with Crippen molar-refractivity contribution in [2.75, 3.05) is 20.8 Å². The van der Waals surface area contributed by atoms with Gasteiger partial charge in [0.15, 0.2) is 11.5 Å². The summed E-state index contributed by atoms with van der Waals surface area (Å²) in [6, 6.07) is 11.4. The summed E-state index contributed by atoms with van der Waals surface area (Å²) in [5.74, 6) is 0.342. The second-order valence-corrected chi connectivity index (χ2v) is 10.1. The number of aromatic nitrogens is 3. The van der Waals surface area contributed by atoms with Gasteiger partial charge in [0.25, 0.3) is 5.56 Å². The molecule has 37 heavy (non-hydrogen) atoms. The molecule has 194 valence electrons. The van der Waals surface area contributed by atoms with Crippen molar-refractivity contribution < 1.29 is 19.3 Å². The van der Waals surface area contributed by atoms with Crippen LogP contribution in [0.5, 0.6) is 17.2 Å². The number of phenols is 1. The molecule has 9 nitrogen and oxygen atoms in total. The normalized spacial score (nSPS) is 16.6. The second kappa shape index (κ2) is 8.55. The molecule has 5 rings (SSSR count). The van der Waals surface area contributed by atoms with Gasteiger partial charge in [-0.1, -0.05) is 23.8 Å². The van der Waals surface area contributed by atoms with E-state index in [4.69, 9.17) is 14.2 Å². The Labute approximate surface area is 214 Å². The molecule has 2 aromatic carbocycles. The predicted octanol–water partition coefficient (Wildman–Crippen LogP) is 3.59. The standard InChI is InChI=1S/C28H31N3O6/c1-15-9-8-10-16(11-15)21-20-22(29(4)27(34)30(5)26(20)33)23-25(37-14-28(2,3)31(21)23)17-12-18(35-6)24(32)19(13-17)36-7/h8-13,25,32H,14H2,1-7H3/t25-/m1/s1. The largest absolute Gasteiger partial charge is 0.502 e. The van der Waals surface area contributed by atoms with E-state index in [2.05, 4.69) is 4.57 Å². The first kappa shape index (κ1) is 24.7. The number of nitrogens with zero attached hydrogens (tertiary/aromatic N) is 3. The van der Waals surface area contributed by atoms with Crippen LogP contribution in [0.25, 0.3) is 22.2 Å². The Bertz CT molecular complexity index is 1650. The maximum Gasteiger partial charge on any atom is 0.331 e. The van der Waals surface area contributed by atoms with Crippen LogP contribution in [0.3, 0.4) is 0 Å². The van der Waals surface area contributed by atoms with Crippen LogP contribution in [0.4, 0.5) is 0 Å². The number of rotatable bonds is 4. The number of hydrogen-bond acceptors (Lipinski definition) is 6. The number of aryl methyl sites for hydroxylation is 2. The van der Waals surface area contributed by atoms with Crippen LogP contribution < -0.4 is 20.7 Å². The maximum absolute atomic E-state index is 13.7. The quantitative estimate of drug-likeness (QED) is 0.455. The number of phenolic OH excluding ortho intramolecular Hbond substituents is 1. The molecular weight excluding hydrogens is 474 g/mol. The van der Waals surface area contributed by atoms with Gasteiger partial charge in [0.2, 0.25) is 5.75 Å². The first-order valence-corrected chi connectivity index (χ1v) is 12.0. The van der Waals surface area contributed by atoms with Gasteiger partial charge in [-0.05, 0) is 50.1 Å². The van der Waals surface area contributed by atoms with E-state index in [0.717, 1.165) is 21.4 Å². The molecule has 0 saturated heterocycles. The number of ether oxygens (including phenoxy) is 3. The molecular formula is C28H31N3O6. The number of fused-ring (bicyclic) bond motifs is 3. The highest BCUT2D eigenvalue weighted by Crippen LogP contribution is 2.48. The highest BCUT2D eigenvalue weighted by Gasteiger charge is 2.41. The van der Waals surface area contributed by atoms with Gasteiger partial charge in [-0.25, -0.2) is 4.79 Å². The molecule has 0 saturated carbocycles. The summed E-state index contributed by atoms with van der Waals surface area (Å²) in [6.07, 6.45) is -0.671. The molecule has 0 aliphatic carbocycles. The highest BCUT2D eigenvalue weighted by atomic mass is 16.5. The van der Waals surface area contributed by atoms with Crippen LogP contribution in [-0.4, -0.2) is 39.6 Å². The van der Waals surface area contributed by atoms with E-state index in [1.54, 1.807) is 19.2 Å². The van der Waals surface area contributed by atoms with Crippen molar-refractivity contribution in [2.45, 2.75) is 32.4 Å². The fourth-order valence-electron chi connectivity index (χ4n) is 5.38. The lowest BCUT2D eigenvalue weighted by molar-refractivity contribution is -0.00724. The van der Waals surface area contributed by atoms with E-state index in [9.17, 15) is 14.7 Å². The smallest absolute Gasteiger partial charge is 0.331 e. The lowest BCUT2D eigenvalue weighted by Gasteiger charge is -2.39. The summed E-state index contributed by atoms with van der Waals surface area (Å²) in [7, 11) is 6.09. The van der Waals surface area contributed by atoms with Crippen molar-refractivity contribution in [2.24, 2.45) is 14.1 Å². The van der Waals surface area contributed by atoms with E-state index in [0.29, 0.717) is 28.8 Å². The van der Waals surface area contributed by atoms with E-state index in [1.165, 1.54) is 25.8 Å². The SMILES string of the molecule is COc1cc([C@H]2OCC(C)(C)n3c(-c4cccc(C)c4)c4c(=O)n(C)c(=O)n(C)c4c32)cc(OC)c1O. The zero-order chi connectivity index (χ0) is 26.8. The van der Waals surface area contributed by atoms with E-state index < -0.39 is 17.3 Å². The zero-order valence-corrected chi connectivity index (χ0v) is 22.1. The van der Waals surface area contributed by atoms with Gasteiger partial charge in [0.05, 0.1) is 48.7 Å². The average Bonchev–Trinajstić information content (AvgIpc) is 3.24. The van der Waals surface area contributed by atoms with Crippen molar-refractivity contribution in [3.63, 3.8) is 0 Å². The minimum absolute atomic E-state index is 0.119. The molecule has 9 heteroatoms. The van der Waals surface area contributed by atoms with E-state index >= 15 is 0 Å². The van der Waals surface area contributed by atoms with Gasteiger partial charge < -0.3 is 23.9 Å². The van der Waals surface area contributed by atoms with Gasteiger partial charge in [-0.15, -0.1) is 0 Å². The summed E-state index contributed by atoms with van der Waals surface area (Å²) < 4.78 is 22.0. The highest BCUT2D eigenvalue weighted by molar-refractivity contribution is 5.97. The van der Waals surface area contributed by atoms with Gasteiger partial charge >= 0.3 is 5.69 Å². The van der Waals surface area contributed by atoms with Crippen LogP contribution in [0, 0.1) is 6.92 Å². The van der Waals surface area contributed by atoms with Crippen LogP contribution in [0.1, 0.15) is 36.8 Å². The maximum atomic E-state index is 13.7. The molecule has 4 aromatic rings. The second-order valence-electron chi connectivity index (χ2n) is 10.1. The first-order valence-electron chi connectivity index (χ1n) is 12.0. The van der Waals surface area contributed by atoms with Gasteiger partial charge in [-0.3, -0.25) is 13.9 Å². The minimum atomic E-state index is -0.671. The fourth-order valence-corrected chi connectivity index (χ4v) is 5.38. The summed E-state index contributed by atoms with van der Waals surface area (Å²) >= 11 is 0. The van der Waals surface area contributed by atoms with Gasteiger partial charge in [0, 0.05) is 14.1 Å². The average molecular weight is 506 g/mol. The Balaban J connectivity index is 1.99. The molecule has 0 spiro atoms. The van der Waals surface area contributed by atoms with Crippen LogP contribution in [0.2, 0.25) is 0 Å².